The van der Waals surface area contributed by atoms with Crippen molar-refractivity contribution in [3.63, 3.8) is 0 Å². The number of likely N-dealkylation sites (tertiary alicyclic amines) is 1. The predicted molar refractivity (Wildman–Crippen MR) is 88.5 cm³/mol. The number of nitrogens with two attached hydrogens (primary N) is 1. The van der Waals surface area contributed by atoms with Gasteiger partial charge in [-0.25, -0.2) is 0 Å². The highest BCUT2D eigenvalue weighted by molar-refractivity contribution is 6.44. The Morgan fingerprint density at radius 2 is 1.91 bits per heavy atom. The normalized spacial score (nSPS) is 19.0. The highest BCUT2D eigenvalue weighted by atomic mass is 35.5. The number of nitrogens with zero attached hydrogens (tertiary/aromatic N) is 1. The Bertz CT molecular complexity index is 595. The van der Waals surface area contributed by atoms with Crippen LogP contribution in [0.4, 0.5) is 5.69 Å². The molecule has 0 unspecified atom stereocenters. The molecule has 2 amide bonds. The Morgan fingerprint density at radius 1 is 1.23 bits per heavy atom. The van der Waals surface area contributed by atoms with Gasteiger partial charge in [0.25, 0.3) is 0 Å². The Hall–Kier alpha value is -1.01. The number of carbonyl (C=O) groups is 2. The summed E-state index contributed by atoms with van der Waals surface area (Å²) in [7, 11) is 0. The fraction of sp³-hybridized carbons (Fsp3) is 0.429. The zero-order valence-electron chi connectivity index (χ0n) is 11.7. The maximum atomic E-state index is 12.1. The molecule has 0 aliphatic carbocycles. The quantitative estimate of drug-likeness (QED) is 0.807. The van der Waals surface area contributed by atoms with Crippen molar-refractivity contribution >= 4 is 52.3 Å². The average Bonchev–Trinajstić information content (AvgIpc) is 2.45. The van der Waals surface area contributed by atoms with Gasteiger partial charge in [0.05, 0.1) is 33.2 Å². The van der Waals surface area contributed by atoms with E-state index in [1.54, 1.807) is 0 Å². The molecule has 1 fully saturated rings. The molecule has 1 saturated heterocycles. The van der Waals surface area contributed by atoms with Crippen molar-refractivity contribution < 1.29 is 9.59 Å². The Labute approximate surface area is 143 Å². The van der Waals surface area contributed by atoms with Crippen LogP contribution in [0.2, 0.25) is 15.1 Å². The van der Waals surface area contributed by atoms with Gasteiger partial charge < -0.3 is 11.1 Å². The van der Waals surface area contributed by atoms with Gasteiger partial charge in [-0.15, -0.1) is 0 Å². The van der Waals surface area contributed by atoms with E-state index in [4.69, 9.17) is 40.5 Å². The molecule has 0 bridgehead atoms. The van der Waals surface area contributed by atoms with Gasteiger partial charge in [0.1, 0.15) is 0 Å². The van der Waals surface area contributed by atoms with E-state index >= 15 is 0 Å². The number of rotatable bonds is 4. The summed E-state index contributed by atoms with van der Waals surface area (Å²) in [6.45, 7) is 1.42. The van der Waals surface area contributed by atoms with E-state index in [1.165, 1.54) is 12.1 Å². The third kappa shape index (κ3) is 4.49. The summed E-state index contributed by atoms with van der Waals surface area (Å²) in [5, 5.41) is 3.65. The molecular formula is C14H16Cl3N3O2. The standard InChI is InChI=1S/C14H16Cl3N3O2/c15-9-4-11(17)12(5-10(9)16)19-13(21)7-20-3-1-2-8(6-20)14(18)22/h4-5,8H,1-3,6-7H2,(H2,18,22)(H,19,21)/t8-/m0/s1. The van der Waals surface area contributed by atoms with Crippen LogP contribution in [0.3, 0.4) is 0 Å². The maximum Gasteiger partial charge on any atom is 0.238 e. The summed E-state index contributed by atoms with van der Waals surface area (Å²) in [5.74, 6) is -0.752. The molecule has 120 valence electrons. The van der Waals surface area contributed by atoms with E-state index in [-0.39, 0.29) is 24.3 Å². The van der Waals surface area contributed by atoms with Crippen LogP contribution in [0.1, 0.15) is 12.8 Å². The minimum atomic E-state index is -0.322. The fourth-order valence-corrected chi connectivity index (χ4v) is 3.04. The number of piperidine rings is 1. The number of hydrogen-bond donors (Lipinski definition) is 2. The van der Waals surface area contributed by atoms with Crippen LogP contribution in [0.15, 0.2) is 12.1 Å². The summed E-state index contributed by atoms with van der Waals surface area (Å²) in [4.78, 5) is 25.2. The van der Waals surface area contributed by atoms with E-state index in [9.17, 15) is 9.59 Å². The summed E-state index contributed by atoms with van der Waals surface area (Å²) in [5.41, 5.74) is 5.73. The summed E-state index contributed by atoms with van der Waals surface area (Å²) >= 11 is 17.8. The van der Waals surface area contributed by atoms with Gasteiger partial charge in [0.2, 0.25) is 11.8 Å². The molecule has 5 nitrogen and oxygen atoms in total. The largest absolute Gasteiger partial charge is 0.369 e. The fourth-order valence-electron chi connectivity index (χ4n) is 2.44. The summed E-state index contributed by atoms with van der Waals surface area (Å²) in [6.07, 6.45) is 1.61. The molecule has 1 atom stereocenters. The first-order valence-electron chi connectivity index (χ1n) is 6.83. The maximum absolute atomic E-state index is 12.1. The number of primary amides is 1. The molecule has 1 aliphatic rings. The lowest BCUT2D eigenvalue weighted by Gasteiger charge is -2.30. The minimum absolute atomic E-state index is 0.167. The Morgan fingerprint density at radius 3 is 2.59 bits per heavy atom. The van der Waals surface area contributed by atoms with Crippen molar-refractivity contribution in [2.24, 2.45) is 11.7 Å². The van der Waals surface area contributed by atoms with Crippen molar-refractivity contribution in [2.45, 2.75) is 12.8 Å². The molecular weight excluding hydrogens is 349 g/mol. The average molecular weight is 365 g/mol. The van der Waals surface area contributed by atoms with Gasteiger partial charge in [-0.2, -0.15) is 0 Å². The number of nitrogens with one attached hydrogen (secondary N) is 1. The Balaban J connectivity index is 1.96. The minimum Gasteiger partial charge on any atom is -0.369 e. The molecule has 3 N–H and O–H groups in total. The molecule has 0 radical (unpaired) electrons. The lowest BCUT2D eigenvalue weighted by Crippen LogP contribution is -2.44. The van der Waals surface area contributed by atoms with Gasteiger partial charge in [-0.3, -0.25) is 14.5 Å². The monoisotopic (exact) mass is 363 g/mol. The van der Waals surface area contributed by atoms with Gasteiger partial charge in [-0.1, -0.05) is 34.8 Å². The molecule has 1 aliphatic heterocycles. The summed E-state index contributed by atoms with van der Waals surface area (Å²) in [6, 6.07) is 2.98. The van der Waals surface area contributed by atoms with Crippen LogP contribution in [-0.2, 0) is 9.59 Å². The van der Waals surface area contributed by atoms with Gasteiger partial charge >= 0.3 is 0 Å². The second-order valence-electron chi connectivity index (χ2n) is 5.27. The Kier molecular flexibility index (Phi) is 5.92. The topological polar surface area (TPSA) is 75.4 Å². The number of hydrogen-bond acceptors (Lipinski definition) is 3. The highest BCUT2D eigenvalue weighted by Crippen LogP contribution is 2.32. The molecule has 1 aromatic carbocycles. The van der Waals surface area contributed by atoms with Crippen LogP contribution < -0.4 is 11.1 Å². The molecule has 22 heavy (non-hydrogen) atoms. The van der Waals surface area contributed by atoms with Gasteiger partial charge in [0.15, 0.2) is 0 Å². The number of carbonyl (C=O) groups excluding carboxylic acids is 2. The molecule has 8 heteroatoms. The van der Waals surface area contributed by atoms with Crippen molar-refractivity contribution in [1.29, 1.82) is 0 Å². The predicted octanol–water partition coefficient (Wildman–Crippen LogP) is 2.78. The second-order valence-corrected chi connectivity index (χ2v) is 6.49. The van der Waals surface area contributed by atoms with Crippen LogP contribution in [0.25, 0.3) is 0 Å². The van der Waals surface area contributed by atoms with Crippen molar-refractivity contribution in [3.8, 4) is 0 Å². The smallest absolute Gasteiger partial charge is 0.238 e. The van der Waals surface area contributed by atoms with Crippen LogP contribution >= 0.6 is 34.8 Å². The van der Waals surface area contributed by atoms with E-state index < -0.39 is 0 Å². The first kappa shape index (κ1) is 17.3. The zero-order valence-corrected chi connectivity index (χ0v) is 14.0. The van der Waals surface area contributed by atoms with Crippen LogP contribution in [0.5, 0.6) is 0 Å². The van der Waals surface area contributed by atoms with Gasteiger partial charge in [-0.05, 0) is 31.5 Å². The molecule has 0 spiro atoms. The lowest BCUT2D eigenvalue weighted by atomic mass is 9.97. The van der Waals surface area contributed by atoms with Crippen molar-refractivity contribution in [1.82, 2.24) is 4.90 Å². The zero-order chi connectivity index (χ0) is 16.3. The SMILES string of the molecule is NC(=O)[C@H]1CCCN(CC(=O)Nc2cc(Cl)c(Cl)cc2Cl)C1. The number of amides is 2. The number of benzene rings is 1. The molecule has 2 rings (SSSR count). The highest BCUT2D eigenvalue weighted by Gasteiger charge is 2.25. The van der Waals surface area contributed by atoms with Crippen LogP contribution in [-0.4, -0.2) is 36.3 Å². The summed E-state index contributed by atoms with van der Waals surface area (Å²) < 4.78 is 0. The lowest BCUT2D eigenvalue weighted by molar-refractivity contribution is -0.125. The van der Waals surface area contributed by atoms with Crippen molar-refractivity contribution in [3.05, 3.63) is 27.2 Å². The first-order chi connectivity index (χ1) is 10.4. The molecule has 1 heterocycles. The van der Waals surface area contributed by atoms with E-state index in [0.29, 0.717) is 27.3 Å². The molecule has 0 saturated carbocycles. The van der Waals surface area contributed by atoms with Crippen LogP contribution in [0, 0.1) is 5.92 Å². The first-order valence-corrected chi connectivity index (χ1v) is 7.96. The number of halogens is 3. The third-order valence-corrected chi connectivity index (χ3v) is 4.59. The van der Waals surface area contributed by atoms with E-state index in [2.05, 4.69) is 5.32 Å². The van der Waals surface area contributed by atoms with Gasteiger partial charge in [0, 0.05) is 6.54 Å². The van der Waals surface area contributed by atoms with E-state index in [1.807, 2.05) is 4.90 Å². The number of anilines is 1. The molecule has 1 aromatic rings. The van der Waals surface area contributed by atoms with Crippen molar-refractivity contribution in [2.75, 3.05) is 25.0 Å². The molecule has 0 aromatic heterocycles. The third-order valence-electron chi connectivity index (χ3n) is 3.56. The second kappa shape index (κ2) is 7.51. The van der Waals surface area contributed by atoms with E-state index in [0.717, 1.165) is 19.4 Å².